The number of carbonyl (C=O) groups excluding carboxylic acids is 1. The van der Waals surface area contributed by atoms with Crippen molar-refractivity contribution in [3.8, 4) is 0 Å². The summed E-state index contributed by atoms with van der Waals surface area (Å²) in [6.45, 7) is 5.24. The van der Waals surface area contributed by atoms with Gasteiger partial charge < -0.3 is 10.6 Å². The van der Waals surface area contributed by atoms with Crippen molar-refractivity contribution in [1.29, 1.82) is 0 Å². The molecule has 1 heterocycles. The van der Waals surface area contributed by atoms with Crippen LogP contribution in [-0.4, -0.2) is 25.0 Å². The number of hydrogen-bond acceptors (Lipinski definition) is 5. The third kappa shape index (κ3) is 5.61. The van der Waals surface area contributed by atoms with E-state index in [0.29, 0.717) is 10.7 Å². The van der Waals surface area contributed by atoms with Gasteiger partial charge in [-0.05, 0) is 45.0 Å². The van der Waals surface area contributed by atoms with Crippen LogP contribution in [0.2, 0.25) is 5.02 Å². The molecule has 0 saturated carbocycles. The molecule has 0 spiro atoms. The first-order valence-corrected chi connectivity index (χ1v) is 9.24. The second-order valence-corrected chi connectivity index (χ2v) is 8.40. The Labute approximate surface area is 151 Å². The highest BCUT2D eigenvalue weighted by atomic mass is 35.5. The van der Waals surface area contributed by atoms with Gasteiger partial charge >= 0.3 is 6.03 Å². The Morgan fingerprint density at radius 2 is 1.92 bits per heavy atom. The molecule has 0 saturated heterocycles. The highest BCUT2D eigenvalue weighted by Crippen LogP contribution is 2.25. The molecule has 0 aliphatic heterocycles. The van der Waals surface area contributed by atoms with E-state index in [1.807, 2.05) is 4.72 Å². The summed E-state index contributed by atoms with van der Waals surface area (Å²) >= 11 is 5.94. The molecule has 0 unspecified atom stereocenters. The minimum absolute atomic E-state index is 0.154. The summed E-state index contributed by atoms with van der Waals surface area (Å²) in [6, 6.07) is 7.51. The van der Waals surface area contributed by atoms with Crippen LogP contribution in [0.1, 0.15) is 20.8 Å². The molecule has 2 aromatic rings. The molecule has 0 aliphatic carbocycles. The summed E-state index contributed by atoms with van der Waals surface area (Å²) < 4.78 is 27.0. The maximum absolute atomic E-state index is 12.5. The van der Waals surface area contributed by atoms with Gasteiger partial charge in [-0.3, -0.25) is 4.98 Å². The smallest absolute Gasteiger partial charge is 0.329 e. The van der Waals surface area contributed by atoms with Crippen molar-refractivity contribution in [2.45, 2.75) is 31.2 Å². The number of benzene rings is 1. The molecule has 3 N–H and O–H groups in total. The number of pyridine rings is 1. The van der Waals surface area contributed by atoms with E-state index >= 15 is 0 Å². The van der Waals surface area contributed by atoms with Gasteiger partial charge in [0, 0.05) is 28.6 Å². The third-order valence-corrected chi connectivity index (χ3v) is 4.49. The van der Waals surface area contributed by atoms with Crippen molar-refractivity contribution >= 4 is 39.0 Å². The minimum atomic E-state index is -4.11. The van der Waals surface area contributed by atoms with Crippen molar-refractivity contribution in [3.05, 3.63) is 47.7 Å². The van der Waals surface area contributed by atoms with Crippen molar-refractivity contribution < 1.29 is 13.2 Å². The van der Waals surface area contributed by atoms with E-state index in [1.54, 1.807) is 45.0 Å². The number of nitrogens with one attached hydrogen (secondary N) is 3. The topological polar surface area (TPSA) is 100 Å². The van der Waals surface area contributed by atoms with Crippen LogP contribution < -0.4 is 15.4 Å². The lowest BCUT2D eigenvalue weighted by atomic mass is 10.1. The average Bonchev–Trinajstić information content (AvgIpc) is 2.45. The lowest BCUT2D eigenvalue weighted by Crippen LogP contribution is -2.48. The van der Waals surface area contributed by atoms with Crippen molar-refractivity contribution in [2.75, 3.05) is 5.32 Å². The second-order valence-electron chi connectivity index (χ2n) is 6.32. The summed E-state index contributed by atoms with van der Waals surface area (Å²) in [5.41, 5.74) is 0.304. The molecular weight excluding hydrogens is 364 g/mol. The van der Waals surface area contributed by atoms with E-state index in [2.05, 4.69) is 15.6 Å². The summed E-state index contributed by atoms with van der Waals surface area (Å²) in [6.07, 6.45) is 2.61. The second kappa shape index (κ2) is 7.28. The number of aromatic nitrogens is 1. The molecule has 2 amide bonds. The van der Waals surface area contributed by atoms with Crippen LogP contribution in [-0.2, 0) is 10.0 Å². The molecule has 0 radical (unpaired) electrons. The zero-order chi connectivity index (χ0) is 18.7. The molecule has 1 aromatic carbocycles. The van der Waals surface area contributed by atoms with Crippen LogP contribution in [0.4, 0.5) is 16.2 Å². The number of carbonyl (C=O) groups is 1. The molecular formula is C16H19ClN4O3S. The van der Waals surface area contributed by atoms with Crippen LogP contribution in [0.15, 0.2) is 47.6 Å². The molecule has 1 aromatic heterocycles. The standard InChI is InChI=1S/C16H19ClN4O3S/c1-16(2,3)20-15(22)21-25(23,24)14-10-18-8-7-13(14)19-12-6-4-5-11(17)9-12/h4-10H,1-3H3,(H,18,19)(H2,20,21,22). The zero-order valence-corrected chi connectivity index (χ0v) is 15.6. The summed E-state index contributed by atoms with van der Waals surface area (Å²) in [4.78, 5) is 15.6. The van der Waals surface area contributed by atoms with Gasteiger partial charge in [0.2, 0.25) is 0 Å². The Kier molecular flexibility index (Phi) is 5.54. The summed E-state index contributed by atoms with van der Waals surface area (Å²) in [5, 5.41) is 6.01. The van der Waals surface area contributed by atoms with Crippen LogP contribution in [0.5, 0.6) is 0 Å². The van der Waals surface area contributed by atoms with Crippen molar-refractivity contribution in [1.82, 2.24) is 15.0 Å². The first-order chi connectivity index (χ1) is 11.6. The average molecular weight is 383 g/mol. The Morgan fingerprint density at radius 3 is 2.56 bits per heavy atom. The van der Waals surface area contributed by atoms with Gasteiger partial charge in [-0.15, -0.1) is 0 Å². The van der Waals surface area contributed by atoms with Crippen LogP contribution >= 0.6 is 11.6 Å². The predicted octanol–water partition coefficient (Wildman–Crippen LogP) is 3.27. The molecule has 0 atom stereocenters. The van der Waals surface area contributed by atoms with Gasteiger partial charge in [-0.1, -0.05) is 17.7 Å². The molecule has 134 valence electrons. The third-order valence-electron chi connectivity index (χ3n) is 2.89. The molecule has 25 heavy (non-hydrogen) atoms. The van der Waals surface area contributed by atoms with Crippen molar-refractivity contribution in [2.24, 2.45) is 0 Å². The monoisotopic (exact) mass is 382 g/mol. The SMILES string of the molecule is CC(C)(C)NC(=O)NS(=O)(=O)c1cnccc1Nc1cccc(Cl)c1. The number of halogens is 1. The minimum Gasteiger partial charge on any atom is -0.354 e. The largest absolute Gasteiger partial charge is 0.354 e. The number of sulfonamides is 1. The van der Waals surface area contributed by atoms with E-state index < -0.39 is 21.6 Å². The van der Waals surface area contributed by atoms with Gasteiger partial charge in [0.25, 0.3) is 10.0 Å². The van der Waals surface area contributed by atoms with Crippen LogP contribution in [0.3, 0.4) is 0 Å². The van der Waals surface area contributed by atoms with E-state index in [4.69, 9.17) is 11.6 Å². The lowest BCUT2D eigenvalue weighted by molar-refractivity contribution is 0.237. The molecule has 0 fully saturated rings. The number of amides is 2. The van der Waals surface area contributed by atoms with E-state index in [1.165, 1.54) is 18.5 Å². The number of rotatable bonds is 4. The predicted molar refractivity (Wildman–Crippen MR) is 97.6 cm³/mol. The van der Waals surface area contributed by atoms with Crippen molar-refractivity contribution in [3.63, 3.8) is 0 Å². The van der Waals surface area contributed by atoms with Gasteiger partial charge in [-0.25, -0.2) is 17.9 Å². The Bertz CT molecular complexity index is 879. The molecule has 0 bridgehead atoms. The number of nitrogens with zero attached hydrogens (tertiary/aromatic N) is 1. The molecule has 2 rings (SSSR count). The number of anilines is 2. The fourth-order valence-corrected chi connectivity index (χ4v) is 3.17. The maximum Gasteiger partial charge on any atom is 0.329 e. The molecule has 7 nitrogen and oxygen atoms in total. The fourth-order valence-electron chi connectivity index (χ4n) is 1.96. The first kappa shape index (κ1) is 19.0. The Balaban J connectivity index is 2.28. The maximum atomic E-state index is 12.5. The van der Waals surface area contributed by atoms with Crippen LogP contribution in [0.25, 0.3) is 0 Å². The van der Waals surface area contributed by atoms with Gasteiger partial charge in [0.1, 0.15) is 4.90 Å². The van der Waals surface area contributed by atoms with E-state index in [-0.39, 0.29) is 10.6 Å². The fraction of sp³-hybridized carbons (Fsp3) is 0.250. The number of urea groups is 1. The molecule has 0 aliphatic rings. The van der Waals surface area contributed by atoms with Gasteiger partial charge in [0.05, 0.1) is 5.69 Å². The Hall–Kier alpha value is -2.32. The van der Waals surface area contributed by atoms with E-state index in [9.17, 15) is 13.2 Å². The quantitative estimate of drug-likeness (QED) is 0.753. The van der Waals surface area contributed by atoms with Gasteiger partial charge in [-0.2, -0.15) is 0 Å². The normalized spacial score (nSPS) is 11.7. The summed E-state index contributed by atoms with van der Waals surface area (Å²) in [7, 11) is -4.11. The molecule has 9 heteroatoms. The first-order valence-electron chi connectivity index (χ1n) is 7.38. The Morgan fingerprint density at radius 1 is 1.20 bits per heavy atom. The van der Waals surface area contributed by atoms with Crippen LogP contribution in [0, 0.1) is 0 Å². The van der Waals surface area contributed by atoms with Gasteiger partial charge in [0.15, 0.2) is 0 Å². The highest BCUT2D eigenvalue weighted by Gasteiger charge is 2.24. The highest BCUT2D eigenvalue weighted by molar-refractivity contribution is 7.90. The number of hydrogen-bond donors (Lipinski definition) is 3. The summed E-state index contributed by atoms with van der Waals surface area (Å²) in [5.74, 6) is 0. The zero-order valence-electron chi connectivity index (χ0n) is 14.0. The van der Waals surface area contributed by atoms with E-state index in [0.717, 1.165) is 0 Å². The lowest BCUT2D eigenvalue weighted by Gasteiger charge is -2.21.